The van der Waals surface area contributed by atoms with Crippen LogP contribution in [0.1, 0.15) is 40.3 Å². The lowest BCUT2D eigenvalue weighted by Gasteiger charge is -2.18. The first-order valence-corrected chi connectivity index (χ1v) is 5.70. The number of nitrogens with one attached hydrogen (secondary N) is 1. The van der Waals surface area contributed by atoms with Crippen molar-refractivity contribution < 1.29 is 4.74 Å². The van der Waals surface area contributed by atoms with Gasteiger partial charge in [-0.15, -0.1) is 0 Å². The molecule has 1 rings (SSSR count). The molecule has 1 aromatic carbocycles. The highest BCUT2D eigenvalue weighted by Crippen LogP contribution is 2.26. The molecule has 0 aliphatic carbocycles. The molecule has 0 unspecified atom stereocenters. The molecule has 0 spiro atoms. The van der Waals surface area contributed by atoms with Gasteiger partial charge in [-0.3, -0.25) is 5.41 Å². The smallest absolute Gasteiger partial charge is 0.213 e. The SMILES string of the molecule is CCOC(=N)c1c(C)c(C)c(C)c(C)c1C. The minimum absolute atomic E-state index is 0.295. The molecule has 1 aromatic rings. The summed E-state index contributed by atoms with van der Waals surface area (Å²) < 4.78 is 5.32. The van der Waals surface area contributed by atoms with Gasteiger partial charge in [-0.05, 0) is 69.4 Å². The summed E-state index contributed by atoms with van der Waals surface area (Å²) in [6.07, 6.45) is 0. The molecular weight excluding hydrogens is 198 g/mol. The molecule has 0 fully saturated rings. The minimum Gasteiger partial charge on any atom is -0.478 e. The summed E-state index contributed by atoms with van der Waals surface area (Å²) in [5.74, 6) is 0.295. The predicted octanol–water partition coefficient (Wildman–Crippen LogP) is 3.59. The molecule has 16 heavy (non-hydrogen) atoms. The number of benzene rings is 1. The normalized spacial score (nSPS) is 10.4. The first kappa shape index (κ1) is 12.8. The molecule has 2 nitrogen and oxygen atoms in total. The largest absolute Gasteiger partial charge is 0.478 e. The zero-order chi connectivity index (χ0) is 12.5. The van der Waals surface area contributed by atoms with Crippen LogP contribution in [0.3, 0.4) is 0 Å². The second-order valence-corrected chi connectivity index (χ2v) is 4.26. The Labute approximate surface area is 98.1 Å². The summed E-state index contributed by atoms with van der Waals surface area (Å²) in [4.78, 5) is 0. The van der Waals surface area contributed by atoms with Gasteiger partial charge in [0.1, 0.15) is 0 Å². The van der Waals surface area contributed by atoms with E-state index in [9.17, 15) is 0 Å². The van der Waals surface area contributed by atoms with E-state index in [1.54, 1.807) is 0 Å². The van der Waals surface area contributed by atoms with E-state index in [1.165, 1.54) is 27.8 Å². The van der Waals surface area contributed by atoms with Crippen LogP contribution in [0.4, 0.5) is 0 Å². The maximum absolute atomic E-state index is 7.95. The van der Waals surface area contributed by atoms with Crippen molar-refractivity contribution in [2.24, 2.45) is 0 Å². The minimum atomic E-state index is 0.295. The summed E-state index contributed by atoms with van der Waals surface area (Å²) >= 11 is 0. The summed E-state index contributed by atoms with van der Waals surface area (Å²) in [5, 5.41) is 7.95. The standard InChI is InChI=1S/C14H21NO/c1-7-16-14(15)13-11(5)9(3)8(2)10(4)12(13)6/h15H,7H2,1-6H3. The van der Waals surface area contributed by atoms with E-state index in [0.29, 0.717) is 12.5 Å². The van der Waals surface area contributed by atoms with Crippen LogP contribution >= 0.6 is 0 Å². The second kappa shape index (κ2) is 4.69. The number of ether oxygens (including phenoxy) is 1. The molecule has 0 radical (unpaired) electrons. The fourth-order valence-corrected chi connectivity index (χ4v) is 2.06. The monoisotopic (exact) mass is 219 g/mol. The molecule has 0 aliphatic rings. The third-order valence-electron chi connectivity index (χ3n) is 3.52. The van der Waals surface area contributed by atoms with Crippen LogP contribution in [0, 0.1) is 40.0 Å². The van der Waals surface area contributed by atoms with Gasteiger partial charge in [0.05, 0.1) is 6.61 Å². The van der Waals surface area contributed by atoms with E-state index >= 15 is 0 Å². The van der Waals surface area contributed by atoms with Gasteiger partial charge in [0.2, 0.25) is 5.90 Å². The van der Waals surface area contributed by atoms with Crippen molar-refractivity contribution in [2.75, 3.05) is 6.61 Å². The van der Waals surface area contributed by atoms with E-state index in [0.717, 1.165) is 5.56 Å². The predicted molar refractivity (Wildman–Crippen MR) is 68.6 cm³/mol. The first-order chi connectivity index (χ1) is 7.41. The zero-order valence-electron chi connectivity index (χ0n) is 11.1. The third kappa shape index (κ3) is 1.97. The Balaban J connectivity index is 3.45. The van der Waals surface area contributed by atoms with Gasteiger partial charge in [0.15, 0.2) is 0 Å². The Hall–Kier alpha value is -1.31. The molecule has 0 heterocycles. The van der Waals surface area contributed by atoms with Crippen LogP contribution in [0.2, 0.25) is 0 Å². The van der Waals surface area contributed by atoms with E-state index in [1.807, 2.05) is 6.92 Å². The van der Waals surface area contributed by atoms with E-state index < -0.39 is 0 Å². The second-order valence-electron chi connectivity index (χ2n) is 4.26. The Bertz CT molecular complexity index is 404. The van der Waals surface area contributed by atoms with E-state index in [-0.39, 0.29) is 0 Å². The summed E-state index contributed by atoms with van der Waals surface area (Å²) in [6, 6.07) is 0. The van der Waals surface area contributed by atoms with Crippen LogP contribution < -0.4 is 0 Å². The fraction of sp³-hybridized carbons (Fsp3) is 0.500. The van der Waals surface area contributed by atoms with Crippen molar-refractivity contribution in [3.05, 3.63) is 33.4 Å². The summed E-state index contributed by atoms with van der Waals surface area (Å²) in [6.45, 7) is 12.9. The molecule has 0 atom stereocenters. The topological polar surface area (TPSA) is 33.1 Å². The molecule has 2 heteroatoms. The molecule has 0 saturated carbocycles. The van der Waals surface area contributed by atoms with Crippen molar-refractivity contribution in [1.82, 2.24) is 0 Å². The number of hydrogen-bond donors (Lipinski definition) is 1. The first-order valence-electron chi connectivity index (χ1n) is 5.70. The van der Waals surface area contributed by atoms with Gasteiger partial charge < -0.3 is 4.74 Å². The van der Waals surface area contributed by atoms with Gasteiger partial charge in [0.25, 0.3) is 0 Å². The maximum Gasteiger partial charge on any atom is 0.213 e. The van der Waals surface area contributed by atoms with E-state index in [2.05, 4.69) is 34.6 Å². The van der Waals surface area contributed by atoms with Crippen LogP contribution in [-0.4, -0.2) is 12.5 Å². The molecule has 0 saturated heterocycles. The van der Waals surface area contributed by atoms with Crippen molar-refractivity contribution in [2.45, 2.75) is 41.5 Å². The number of hydrogen-bond acceptors (Lipinski definition) is 2. The Kier molecular flexibility index (Phi) is 3.74. The van der Waals surface area contributed by atoms with Crippen molar-refractivity contribution in [3.63, 3.8) is 0 Å². The Morgan fingerprint density at radius 3 is 1.62 bits per heavy atom. The van der Waals surface area contributed by atoms with E-state index in [4.69, 9.17) is 10.1 Å². The van der Waals surface area contributed by atoms with Crippen LogP contribution in [-0.2, 0) is 4.74 Å². The average molecular weight is 219 g/mol. The Morgan fingerprint density at radius 1 is 0.875 bits per heavy atom. The van der Waals surface area contributed by atoms with Crippen molar-refractivity contribution in [1.29, 1.82) is 5.41 Å². The summed E-state index contributed by atoms with van der Waals surface area (Å²) in [7, 11) is 0. The van der Waals surface area contributed by atoms with Gasteiger partial charge in [-0.2, -0.15) is 0 Å². The van der Waals surface area contributed by atoms with Crippen molar-refractivity contribution >= 4 is 5.90 Å². The fourth-order valence-electron chi connectivity index (χ4n) is 2.06. The van der Waals surface area contributed by atoms with Crippen LogP contribution in [0.15, 0.2) is 0 Å². The zero-order valence-corrected chi connectivity index (χ0v) is 11.1. The lowest BCUT2D eigenvalue weighted by Crippen LogP contribution is -2.12. The quantitative estimate of drug-likeness (QED) is 0.598. The molecule has 1 N–H and O–H groups in total. The van der Waals surface area contributed by atoms with Crippen LogP contribution in [0.25, 0.3) is 0 Å². The molecule has 0 aromatic heterocycles. The highest BCUT2D eigenvalue weighted by atomic mass is 16.5. The van der Waals surface area contributed by atoms with Gasteiger partial charge in [0, 0.05) is 5.56 Å². The molecule has 0 amide bonds. The van der Waals surface area contributed by atoms with Crippen LogP contribution in [0.5, 0.6) is 0 Å². The maximum atomic E-state index is 7.95. The molecule has 0 aliphatic heterocycles. The average Bonchev–Trinajstić information content (AvgIpc) is 2.24. The van der Waals surface area contributed by atoms with Crippen molar-refractivity contribution in [3.8, 4) is 0 Å². The molecular formula is C14H21NO. The Morgan fingerprint density at radius 2 is 1.25 bits per heavy atom. The lowest BCUT2D eigenvalue weighted by atomic mass is 9.89. The van der Waals surface area contributed by atoms with Gasteiger partial charge in [-0.1, -0.05) is 0 Å². The van der Waals surface area contributed by atoms with Gasteiger partial charge >= 0.3 is 0 Å². The van der Waals surface area contributed by atoms with Gasteiger partial charge in [-0.25, -0.2) is 0 Å². The highest BCUT2D eigenvalue weighted by Gasteiger charge is 2.16. The molecule has 0 bridgehead atoms. The highest BCUT2D eigenvalue weighted by molar-refractivity contribution is 5.95. The molecule has 88 valence electrons. The number of rotatable bonds is 2. The third-order valence-corrected chi connectivity index (χ3v) is 3.52. The lowest BCUT2D eigenvalue weighted by molar-refractivity contribution is 0.325. The summed E-state index contributed by atoms with van der Waals surface area (Å²) in [5.41, 5.74) is 7.15.